The smallest absolute Gasteiger partial charge is 0.219 e. The Labute approximate surface area is 79.8 Å². The van der Waals surface area contributed by atoms with Crippen LogP contribution in [-0.2, 0) is 9.53 Å². The lowest BCUT2D eigenvalue weighted by molar-refractivity contribution is -0.119. The zero-order valence-corrected chi connectivity index (χ0v) is 8.72. The molecule has 0 fully saturated rings. The Morgan fingerprint density at radius 3 is 2.62 bits per heavy atom. The molecule has 0 aromatic rings. The van der Waals surface area contributed by atoms with E-state index in [1.807, 2.05) is 6.92 Å². The van der Waals surface area contributed by atoms with Gasteiger partial charge in [-0.15, -0.1) is 0 Å². The molecule has 0 bridgehead atoms. The van der Waals surface area contributed by atoms with E-state index in [-0.39, 0.29) is 11.4 Å². The summed E-state index contributed by atoms with van der Waals surface area (Å²) in [5.41, 5.74) is 4.82. The van der Waals surface area contributed by atoms with Crippen molar-refractivity contribution in [3.05, 3.63) is 0 Å². The molecule has 0 aliphatic heterocycles. The van der Waals surface area contributed by atoms with Gasteiger partial charge < -0.3 is 15.8 Å². The van der Waals surface area contributed by atoms with Crippen LogP contribution < -0.4 is 11.1 Å². The molecule has 78 valence electrons. The van der Waals surface area contributed by atoms with E-state index in [0.717, 1.165) is 13.0 Å². The van der Waals surface area contributed by atoms with Gasteiger partial charge in [0.15, 0.2) is 0 Å². The van der Waals surface area contributed by atoms with Crippen LogP contribution >= 0.6 is 0 Å². The fourth-order valence-electron chi connectivity index (χ4n) is 1.29. The van der Waals surface area contributed by atoms with Crippen molar-refractivity contribution < 1.29 is 9.53 Å². The molecule has 1 atom stereocenters. The first-order valence-corrected chi connectivity index (χ1v) is 4.56. The normalized spacial score (nSPS) is 15.3. The minimum atomic E-state index is -0.323. The molecule has 3 N–H and O–H groups in total. The van der Waals surface area contributed by atoms with Crippen molar-refractivity contribution in [3.8, 4) is 0 Å². The Hall–Kier alpha value is -0.610. The van der Waals surface area contributed by atoms with Crippen LogP contribution in [0.25, 0.3) is 0 Å². The molecule has 0 aliphatic rings. The summed E-state index contributed by atoms with van der Waals surface area (Å²) in [6.07, 6.45) is 1.33. The monoisotopic (exact) mass is 188 g/mol. The van der Waals surface area contributed by atoms with E-state index in [9.17, 15) is 4.79 Å². The molecule has 0 spiro atoms. The minimum Gasteiger partial charge on any atom is -0.383 e. The van der Waals surface area contributed by atoms with E-state index in [1.165, 1.54) is 0 Å². The lowest BCUT2D eigenvalue weighted by Crippen LogP contribution is -2.49. The average molecular weight is 188 g/mol. The molecular formula is C9H20N2O2. The molecule has 0 heterocycles. The van der Waals surface area contributed by atoms with Crippen LogP contribution in [0, 0.1) is 0 Å². The number of carbonyl (C=O) groups is 1. The van der Waals surface area contributed by atoms with Gasteiger partial charge >= 0.3 is 0 Å². The second kappa shape index (κ2) is 5.94. The topological polar surface area (TPSA) is 64.3 Å². The molecule has 0 aromatic heterocycles. The number of nitrogens with two attached hydrogens (primary N) is 1. The molecule has 0 saturated carbocycles. The van der Waals surface area contributed by atoms with Crippen molar-refractivity contribution in [2.45, 2.75) is 32.2 Å². The van der Waals surface area contributed by atoms with Gasteiger partial charge in [0, 0.05) is 19.1 Å². The van der Waals surface area contributed by atoms with Crippen molar-refractivity contribution >= 4 is 5.91 Å². The molecule has 1 amide bonds. The summed E-state index contributed by atoms with van der Waals surface area (Å²) in [4.78, 5) is 10.8. The Morgan fingerprint density at radius 2 is 2.23 bits per heavy atom. The van der Waals surface area contributed by atoms with E-state index in [0.29, 0.717) is 13.0 Å². The van der Waals surface area contributed by atoms with Gasteiger partial charge in [-0.2, -0.15) is 0 Å². The average Bonchev–Trinajstić information content (AvgIpc) is 2.00. The van der Waals surface area contributed by atoms with Gasteiger partial charge in [-0.05, 0) is 19.9 Å². The summed E-state index contributed by atoms with van der Waals surface area (Å²) >= 11 is 0. The summed E-state index contributed by atoms with van der Waals surface area (Å²) in [6.45, 7) is 5.38. The fourth-order valence-corrected chi connectivity index (χ4v) is 1.29. The molecule has 0 rings (SSSR count). The first-order chi connectivity index (χ1) is 6.04. The molecule has 0 saturated heterocycles. The highest BCUT2D eigenvalue weighted by Crippen LogP contribution is 2.09. The quantitative estimate of drug-likeness (QED) is 0.602. The standard InChI is InChI=1S/C9H20N2O2/c1-4-5-11-9(2,7-13-3)6-8(10)12/h11H,4-7H2,1-3H3,(H2,10,12). The van der Waals surface area contributed by atoms with Crippen molar-refractivity contribution in [3.63, 3.8) is 0 Å². The Morgan fingerprint density at radius 1 is 1.62 bits per heavy atom. The number of nitrogens with one attached hydrogen (secondary N) is 1. The van der Waals surface area contributed by atoms with Crippen LogP contribution in [0.1, 0.15) is 26.7 Å². The third-order valence-electron chi connectivity index (χ3n) is 1.83. The first kappa shape index (κ1) is 12.4. The highest BCUT2D eigenvalue weighted by molar-refractivity contribution is 5.75. The van der Waals surface area contributed by atoms with E-state index >= 15 is 0 Å². The van der Waals surface area contributed by atoms with Crippen LogP contribution in [0.2, 0.25) is 0 Å². The highest BCUT2D eigenvalue weighted by atomic mass is 16.5. The third-order valence-corrected chi connectivity index (χ3v) is 1.83. The first-order valence-electron chi connectivity index (χ1n) is 4.56. The molecule has 0 aromatic carbocycles. The zero-order chi connectivity index (χ0) is 10.3. The summed E-state index contributed by atoms with van der Waals surface area (Å²) in [5, 5.41) is 3.25. The third kappa shape index (κ3) is 5.60. The SMILES string of the molecule is CCCNC(C)(COC)CC(N)=O. The zero-order valence-electron chi connectivity index (χ0n) is 8.72. The molecule has 0 aliphatic carbocycles. The Balaban J connectivity index is 4.06. The van der Waals surface area contributed by atoms with Crippen LogP contribution in [0.3, 0.4) is 0 Å². The van der Waals surface area contributed by atoms with Gasteiger partial charge in [-0.3, -0.25) is 4.79 Å². The maximum atomic E-state index is 10.8. The largest absolute Gasteiger partial charge is 0.383 e. The number of methoxy groups -OCH3 is 1. The van der Waals surface area contributed by atoms with Crippen molar-refractivity contribution in [2.75, 3.05) is 20.3 Å². The van der Waals surface area contributed by atoms with Gasteiger partial charge in [0.2, 0.25) is 5.91 Å². The predicted octanol–water partition coefficient (Wildman–Crippen LogP) is 0.267. The number of ether oxygens (including phenoxy) is 1. The van der Waals surface area contributed by atoms with E-state index in [1.54, 1.807) is 7.11 Å². The number of hydrogen-bond donors (Lipinski definition) is 2. The van der Waals surface area contributed by atoms with Crippen molar-refractivity contribution in [2.24, 2.45) is 5.73 Å². The summed E-state index contributed by atoms with van der Waals surface area (Å²) in [6, 6.07) is 0. The number of carbonyl (C=O) groups excluding carboxylic acids is 1. The summed E-state index contributed by atoms with van der Waals surface area (Å²) in [7, 11) is 1.62. The number of amides is 1. The second-order valence-electron chi connectivity index (χ2n) is 3.56. The maximum Gasteiger partial charge on any atom is 0.219 e. The fraction of sp³-hybridized carbons (Fsp3) is 0.889. The van der Waals surface area contributed by atoms with E-state index in [2.05, 4.69) is 12.2 Å². The highest BCUT2D eigenvalue weighted by Gasteiger charge is 2.25. The molecular weight excluding hydrogens is 168 g/mol. The number of rotatable bonds is 7. The number of hydrogen-bond acceptors (Lipinski definition) is 3. The predicted molar refractivity (Wildman–Crippen MR) is 52.4 cm³/mol. The summed E-state index contributed by atoms with van der Waals surface area (Å²) in [5.74, 6) is -0.303. The van der Waals surface area contributed by atoms with Crippen LogP contribution in [0.15, 0.2) is 0 Å². The van der Waals surface area contributed by atoms with Gasteiger partial charge in [0.1, 0.15) is 0 Å². The molecule has 1 unspecified atom stereocenters. The van der Waals surface area contributed by atoms with Crippen molar-refractivity contribution in [1.29, 1.82) is 0 Å². The van der Waals surface area contributed by atoms with E-state index < -0.39 is 0 Å². The molecule has 4 heteroatoms. The lowest BCUT2D eigenvalue weighted by Gasteiger charge is -2.28. The van der Waals surface area contributed by atoms with Crippen LogP contribution in [0.5, 0.6) is 0 Å². The molecule has 0 radical (unpaired) electrons. The van der Waals surface area contributed by atoms with Gasteiger partial charge in [-0.1, -0.05) is 6.92 Å². The minimum absolute atomic E-state index is 0.303. The lowest BCUT2D eigenvalue weighted by atomic mass is 9.98. The number of primary amides is 1. The Bertz CT molecular complexity index is 162. The summed E-state index contributed by atoms with van der Waals surface area (Å²) < 4.78 is 5.03. The maximum absolute atomic E-state index is 10.8. The van der Waals surface area contributed by atoms with Crippen LogP contribution in [0.4, 0.5) is 0 Å². The second-order valence-corrected chi connectivity index (χ2v) is 3.56. The molecule has 13 heavy (non-hydrogen) atoms. The van der Waals surface area contributed by atoms with E-state index in [4.69, 9.17) is 10.5 Å². The van der Waals surface area contributed by atoms with Gasteiger partial charge in [-0.25, -0.2) is 0 Å². The Kier molecular flexibility index (Phi) is 5.66. The van der Waals surface area contributed by atoms with Gasteiger partial charge in [0.05, 0.1) is 6.61 Å². The van der Waals surface area contributed by atoms with Crippen LogP contribution in [-0.4, -0.2) is 31.7 Å². The van der Waals surface area contributed by atoms with Gasteiger partial charge in [0.25, 0.3) is 0 Å². The molecule has 4 nitrogen and oxygen atoms in total. The van der Waals surface area contributed by atoms with Crippen molar-refractivity contribution in [1.82, 2.24) is 5.32 Å².